The number of para-hydroxylation sites is 1. The number of hydrazine groups is 1. The number of amides is 2. The van der Waals surface area contributed by atoms with Crippen LogP contribution in [0.1, 0.15) is 40.1 Å². The van der Waals surface area contributed by atoms with Gasteiger partial charge in [-0.25, -0.2) is 4.79 Å². The zero-order valence-electron chi connectivity index (χ0n) is 16.7. The van der Waals surface area contributed by atoms with E-state index in [1.165, 1.54) is 6.07 Å². The standard InChI is InChI=1S/C21H25N3O5/c1-4-24(5-2)16-11-9-15(10-12-16)20(27)23-22-18(25)13-29-21(28)17-8-6-7-14(3)19(17)26/h6-12,26H,4-5,13H2,1-3H3,(H,22,25)(H,23,27). The molecular formula is C21H25N3O5. The van der Waals surface area contributed by atoms with E-state index >= 15 is 0 Å². The van der Waals surface area contributed by atoms with Crippen molar-refractivity contribution in [2.24, 2.45) is 0 Å². The van der Waals surface area contributed by atoms with Crippen LogP contribution >= 0.6 is 0 Å². The zero-order chi connectivity index (χ0) is 21.4. The van der Waals surface area contributed by atoms with E-state index in [0.29, 0.717) is 11.1 Å². The summed E-state index contributed by atoms with van der Waals surface area (Å²) in [4.78, 5) is 38.1. The van der Waals surface area contributed by atoms with Gasteiger partial charge in [0.2, 0.25) is 0 Å². The average molecular weight is 399 g/mol. The van der Waals surface area contributed by atoms with Crippen molar-refractivity contribution < 1.29 is 24.2 Å². The van der Waals surface area contributed by atoms with Crippen LogP contribution in [0.2, 0.25) is 0 Å². The monoisotopic (exact) mass is 399 g/mol. The fraction of sp³-hybridized carbons (Fsp3) is 0.286. The normalized spacial score (nSPS) is 10.2. The lowest BCUT2D eigenvalue weighted by Crippen LogP contribution is -2.43. The number of nitrogens with one attached hydrogen (secondary N) is 2. The van der Waals surface area contributed by atoms with Gasteiger partial charge >= 0.3 is 5.97 Å². The summed E-state index contributed by atoms with van der Waals surface area (Å²) in [5.41, 5.74) is 6.32. The molecule has 0 bridgehead atoms. The third kappa shape index (κ3) is 5.71. The van der Waals surface area contributed by atoms with Crippen LogP contribution in [0, 0.1) is 6.92 Å². The van der Waals surface area contributed by atoms with Crippen molar-refractivity contribution >= 4 is 23.5 Å². The van der Waals surface area contributed by atoms with E-state index in [1.54, 1.807) is 31.2 Å². The van der Waals surface area contributed by atoms with Gasteiger partial charge in [-0.1, -0.05) is 12.1 Å². The predicted molar refractivity (Wildman–Crippen MR) is 109 cm³/mol. The fourth-order valence-corrected chi connectivity index (χ4v) is 2.68. The van der Waals surface area contributed by atoms with Crippen LogP contribution in [0.4, 0.5) is 5.69 Å². The van der Waals surface area contributed by atoms with E-state index < -0.39 is 24.4 Å². The molecule has 0 saturated heterocycles. The number of esters is 1. The molecule has 0 atom stereocenters. The van der Waals surface area contributed by atoms with E-state index in [2.05, 4.69) is 15.8 Å². The number of rotatable bonds is 7. The predicted octanol–water partition coefficient (Wildman–Crippen LogP) is 2.16. The molecule has 3 N–H and O–H groups in total. The number of carbonyl (C=O) groups excluding carboxylic acids is 3. The molecule has 0 aromatic heterocycles. The van der Waals surface area contributed by atoms with Gasteiger partial charge in [0.05, 0.1) is 0 Å². The van der Waals surface area contributed by atoms with Crippen LogP contribution in [0.3, 0.4) is 0 Å². The number of nitrogens with zero attached hydrogens (tertiary/aromatic N) is 1. The molecule has 2 aromatic carbocycles. The van der Waals surface area contributed by atoms with Crippen molar-refractivity contribution in [3.8, 4) is 5.75 Å². The minimum atomic E-state index is -0.834. The van der Waals surface area contributed by atoms with Crippen molar-refractivity contribution in [2.75, 3.05) is 24.6 Å². The summed E-state index contributed by atoms with van der Waals surface area (Å²) >= 11 is 0. The summed E-state index contributed by atoms with van der Waals surface area (Å²) in [6, 6.07) is 11.6. The minimum Gasteiger partial charge on any atom is -0.507 e. The molecule has 0 unspecified atom stereocenters. The maximum atomic E-state index is 12.1. The first kappa shape index (κ1) is 21.7. The Morgan fingerprint density at radius 1 is 1.00 bits per heavy atom. The number of phenolic OH excluding ortho intramolecular Hbond substituents is 1. The minimum absolute atomic E-state index is 0.0323. The van der Waals surface area contributed by atoms with Gasteiger partial charge in [-0.3, -0.25) is 20.4 Å². The molecule has 0 radical (unpaired) electrons. The number of ether oxygens (including phenoxy) is 1. The van der Waals surface area contributed by atoms with Gasteiger partial charge in [-0.15, -0.1) is 0 Å². The number of hydrogen-bond donors (Lipinski definition) is 3. The quantitative estimate of drug-likeness (QED) is 0.486. The molecule has 2 aromatic rings. The molecule has 0 aliphatic rings. The Labute approximate surface area is 169 Å². The number of aryl methyl sites for hydroxylation is 1. The molecule has 2 amide bonds. The lowest BCUT2D eigenvalue weighted by atomic mass is 10.1. The van der Waals surface area contributed by atoms with Crippen LogP contribution in [-0.4, -0.2) is 42.6 Å². The second kappa shape index (κ2) is 10.1. The SMILES string of the molecule is CCN(CC)c1ccc(C(=O)NNC(=O)COC(=O)c2cccc(C)c2O)cc1. The fourth-order valence-electron chi connectivity index (χ4n) is 2.68. The highest BCUT2D eigenvalue weighted by molar-refractivity contribution is 5.96. The first-order valence-corrected chi connectivity index (χ1v) is 9.27. The third-order valence-electron chi connectivity index (χ3n) is 4.37. The van der Waals surface area contributed by atoms with Gasteiger partial charge in [0, 0.05) is 24.3 Å². The van der Waals surface area contributed by atoms with E-state index in [0.717, 1.165) is 18.8 Å². The van der Waals surface area contributed by atoms with Crippen LogP contribution in [0.15, 0.2) is 42.5 Å². The number of hydrogen-bond acceptors (Lipinski definition) is 6. The first-order chi connectivity index (χ1) is 13.9. The number of benzene rings is 2. The van der Waals surface area contributed by atoms with Gasteiger partial charge in [0.25, 0.3) is 11.8 Å². The Hall–Kier alpha value is -3.55. The summed E-state index contributed by atoms with van der Waals surface area (Å²) < 4.78 is 4.86. The lowest BCUT2D eigenvalue weighted by Gasteiger charge is -2.21. The van der Waals surface area contributed by atoms with Crippen LogP contribution < -0.4 is 15.8 Å². The topological polar surface area (TPSA) is 108 Å². The van der Waals surface area contributed by atoms with Crippen molar-refractivity contribution in [3.05, 3.63) is 59.2 Å². The Balaban J connectivity index is 1.83. The number of anilines is 1. The molecule has 0 heterocycles. The molecule has 2 rings (SSSR count). The van der Waals surface area contributed by atoms with E-state index in [4.69, 9.17) is 4.74 Å². The van der Waals surface area contributed by atoms with Crippen LogP contribution in [0.5, 0.6) is 5.75 Å². The molecule has 0 aliphatic carbocycles. The van der Waals surface area contributed by atoms with Crippen molar-refractivity contribution in [1.82, 2.24) is 10.9 Å². The summed E-state index contributed by atoms with van der Waals surface area (Å²) in [6.45, 7) is 6.85. The Bertz CT molecular complexity index is 876. The number of carbonyl (C=O) groups is 3. The summed E-state index contributed by atoms with van der Waals surface area (Å²) in [5, 5.41) is 9.86. The van der Waals surface area contributed by atoms with Crippen molar-refractivity contribution in [3.63, 3.8) is 0 Å². The molecule has 8 heteroatoms. The summed E-state index contributed by atoms with van der Waals surface area (Å²) in [6.07, 6.45) is 0. The molecular weight excluding hydrogens is 374 g/mol. The highest BCUT2D eigenvalue weighted by Crippen LogP contribution is 2.22. The van der Waals surface area contributed by atoms with E-state index in [1.807, 2.05) is 26.0 Å². The highest BCUT2D eigenvalue weighted by Gasteiger charge is 2.16. The van der Waals surface area contributed by atoms with Gasteiger partial charge in [0.1, 0.15) is 11.3 Å². The molecule has 29 heavy (non-hydrogen) atoms. The van der Waals surface area contributed by atoms with Gasteiger partial charge < -0.3 is 14.7 Å². The maximum Gasteiger partial charge on any atom is 0.342 e. The van der Waals surface area contributed by atoms with Crippen molar-refractivity contribution in [1.29, 1.82) is 0 Å². The number of phenols is 1. The lowest BCUT2D eigenvalue weighted by molar-refractivity contribution is -0.125. The van der Waals surface area contributed by atoms with Gasteiger partial charge in [-0.05, 0) is 56.7 Å². The van der Waals surface area contributed by atoms with Crippen molar-refractivity contribution in [2.45, 2.75) is 20.8 Å². The van der Waals surface area contributed by atoms with Crippen LogP contribution in [-0.2, 0) is 9.53 Å². The maximum absolute atomic E-state index is 12.1. The third-order valence-corrected chi connectivity index (χ3v) is 4.37. The summed E-state index contributed by atoms with van der Waals surface area (Å²) in [7, 11) is 0. The molecule has 0 spiro atoms. The molecule has 0 saturated carbocycles. The number of aromatic hydroxyl groups is 1. The van der Waals surface area contributed by atoms with Crippen LogP contribution in [0.25, 0.3) is 0 Å². The Kier molecular flexibility index (Phi) is 7.59. The van der Waals surface area contributed by atoms with E-state index in [9.17, 15) is 19.5 Å². The second-order valence-electron chi connectivity index (χ2n) is 6.27. The molecule has 154 valence electrons. The van der Waals surface area contributed by atoms with E-state index in [-0.39, 0.29) is 11.3 Å². The zero-order valence-corrected chi connectivity index (χ0v) is 16.7. The largest absolute Gasteiger partial charge is 0.507 e. The molecule has 0 aliphatic heterocycles. The average Bonchev–Trinajstić information content (AvgIpc) is 2.73. The first-order valence-electron chi connectivity index (χ1n) is 9.27. The Morgan fingerprint density at radius 3 is 2.28 bits per heavy atom. The molecule has 8 nitrogen and oxygen atoms in total. The summed E-state index contributed by atoms with van der Waals surface area (Å²) in [5.74, 6) is -2.23. The molecule has 0 fully saturated rings. The second-order valence-corrected chi connectivity index (χ2v) is 6.27. The highest BCUT2D eigenvalue weighted by atomic mass is 16.5. The van der Waals surface area contributed by atoms with Gasteiger partial charge in [-0.2, -0.15) is 0 Å². The Morgan fingerprint density at radius 2 is 1.66 bits per heavy atom. The van der Waals surface area contributed by atoms with Gasteiger partial charge in [0.15, 0.2) is 6.61 Å². The smallest absolute Gasteiger partial charge is 0.342 e.